The number of hydrogen-bond acceptors (Lipinski definition) is 5. The van der Waals surface area contributed by atoms with E-state index in [-0.39, 0.29) is 24.1 Å². The predicted octanol–water partition coefficient (Wildman–Crippen LogP) is 4.02. The smallest absolute Gasteiger partial charge is 0.330 e. The Bertz CT molecular complexity index is 690. The van der Waals surface area contributed by atoms with Crippen LogP contribution in [0.25, 0.3) is 11.4 Å². The summed E-state index contributed by atoms with van der Waals surface area (Å²) in [6.07, 6.45) is -0.580. The zero-order chi connectivity index (χ0) is 18.3. The number of rotatable bonds is 8. The van der Waals surface area contributed by atoms with E-state index in [1.54, 1.807) is 12.1 Å². The van der Waals surface area contributed by atoms with Crippen molar-refractivity contribution in [3.8, 4) is 11.4 Å². The van der Waals surface area contributed by atoms with E-state index in [0.717, 1.165) is 25.7 Å². The molecule has 0 spiro atoms. The molecule has 0 saturated carbocycles. The minimum absolute atomic E-state index is 0. The largest absolute Gasteiger partial charge is 0.471 e. The van der Waals surface area contributed by atoms with Gasteiger partial charge in [-0.2, -0.15) is 18.2 Å². The lowest BCUT2D eigenvalue weighted by molar-refractivity contribution is -0.159. The van der Waals surface area contributed by atoms with E-state index >= 15 is 0 Å². The monoisotopic (exact) mass is 392 g/mol. The van der Waals surface area contributed by atoms with Gasteiger partial charge in [-0.05, 0) is 43.7 Å². The zero-order valence-electron chi connectivity index (χ0n) is 13.9. The highest BCUT2D eigenvalue weighted by Gasteiger charge is 2.38. The summed E-state index contributed by atoms with van der Waals surface area (Å²) in [5.41, 5.74) is 6.31. The number of nitrogens with one attached hydrogen (secondary N) is 1. The fraction of sp³-hybridized carbons (Fsp3) is 0.438. The molecule has 0 aliphatic rings. The second-order valence-corrected chi connectivity index (χ2v) is 5.50. The Balaban J connectivity index is 0.00000338. The zero-order valence-corrected chi connectivity index (χ0v) is 14.7. The summed E-state index contributed by atoms with van der Waals surface area (Å²) in [5.74, 6) is -1.67. The standard InChI is InChI=1S/C16H19F3N4O2.ClH/c17-16(18,19)15-22-14(23-25-15)11-6-8-12(9-7-11)21-13(24)5-3-1-2-4-10-20;/h6-9H,1-5,10,20H2,(H,21,24);1H. The predicted molar refractivity (Wildman–Crippen MR) is 92.8 cm³/mol. The molecule has 0 unspecified atom stereocenters. The van der Waals surface area contributed by atoms with E-state index in [4.69, 9.17) is 5.73 Å². The van der Waals surface area contributed by atoms with Crippen molar-refractivity contribution in [2.24, 2.45) is 5.73 Å². The number of unbranched alkanes of at least 4 members (excludes halogenated alkanes) is 3. The molecule has 0 bridgehead atoms. The second kappa shape index (κ2) is 10.1. The fourth-order valence-electron chi connectivity index (χ4n) is 2.17. The maximum atomic E-state index is 12.4. The molecule has 1 aromatic heterocycles. The quantitative estimate of drug-likeness (QED) is 0.661. The van der Waals surface area contributed by atoms with Gasteiger partial charge in [0.2, 0.25) is 11.7 Å². The molecule has 2 rings (SSSR count). The molecule has 6 nitrogen and oxygen atoms in total. The topological polar surface area (TPSA) is 94.0 Å². The molecule has 1 amide bonds. The number of hydrogen-bond donors (Lipinski definition) is 2. The molecule has 0 aliphatic heterocycles. The number of halogens is 4. The van der Waals surface area contributed by atoms with Crippen LogP contribution in [0.3, 0.4) is 0 Å². The third-order valence-electron chi connectivity index (χ3n) is 3.45. The molecule has 0 radical (unpaired) electrons. The van der Waals surface area contributed by atoms with E-state index in [2.05, 4.69) is 20.0 Å². The first-order chi connectivity index (χ1) is 11.9. The van der Waals surface area contributed by atoms with E-state index in [1.807, 2.05) is 0 Å². The summed E-state index contributed by atoms with van der Waals surface area (Å²) in [5, 5.41) is 6.04. The minimum atomic E-state index is -4.68. The molecule has 0 atom stereocenters. The van der Waals surface area contributed by atoms with Gasteiger partial charge in [0.25, 0.3) is 0 Å². The van der Waals surface area contributed by atoms with Crippen molar-refractivity contribution in [1.82, 2.24) is 10.1 Å². The van der Waals surface area contributed by atoms with Crippen LogP contribution < -0.4 is 11.1 Å². The lowest BCUT2D eigenvalue weighted by atomic mass is 10.1. The van der Waals surface area contributed by atoms with E-state index < -0.39 is 12.1 Å². The van der Waals surface area contributed by atoms with Crippen LogP contribution in [0, 0.1) is 0 Å². The van der Waals surface area contributed by atoms with Crippen molar-refractivity contribution in [3.05, 3.63) is 30.2 Å². The number of anilines is 1. The van der Waals surface area contributed by atoms with Crippen molar-refractivity contribution < 1.29 is 22.5 Å². The van der Waals surface area contributed by atoms with E-state index in [9.17, 15) is 18.0 Å². The summed E-state index contributed by atoms with van der Waals surface area (Å²) in [7, 11) is 0. The van der Waals surface area contributed by atoms with Crippen molar-refractivity contribution in [3.63, 3.8) is 0 Å². The maximum absolute atomic E-state index is 12.4. The summed E-state index contributed by atoms with van der Waals surface area (Å²) in [6.45, 7) is 0.656. The number of amides is 1. The van der Waals surface area contributed by atoms with Gasteiger partial charge in [0.1, 0.15) is 0 Å². The van der Waals surface area contributed by atoms with Gasteiger partial charge in [-0.25, -0.2) is 0 Å². The molecule has 2 aromatic rings. The molecule has 0 fully saturated rings. The fourth-order valence-corrected chi connectivity index (χ4v) is 2.17. The second-order valence-electron chi connectivity index (χ2n) is 5.50. The number of benzene rings is 1. The average molecular weight is 393 g/mol. The van der Waals surface area contributed by atoms with Crippen LogP contribution in [-0.2, 0) is 11.0 Å². The van der Waals surface area contributed by atoms with Crippen LogP contribution in [-0.4, -0.2) is 22.6 Å². The van der Waals surface area contributed by atoms with Crippen molar-refractivity contribution in [1.29, 1.82) is 0 Å². The van der Waals surface area contributed by atoms with E-state index in [0.29, 0.717) is 24.2 Å². The van der Waals surface area contributed by atoms with Gasteiger partial charge in [0, 0.05) is 17.7 Å². The Kier molecular flexibility index (Phi) is 8.53. The number of alkyl halides is 3. The Morgan fingerprint density at radius 3 is 2.35 bits per heavy atom. The number of carbonyl (C=O) groups excluding carboxylic acids is 1. The van der Waals surface area contributed by atoms with Crippen molar-refractivity contribution in [2.45, 2.75) is 38.3 Å². The summed E-state index contributed by atoms with van der Waals surface area (Å²) >= 11 is 0. The van der Waals surface area contributed by atoms with Crippen LogP contribution in [0.5, 0.6) is 0 Å². The molecule has 10 heteroatoms. The maximum Gasteiger partial charge on any atom is 0.471 e. The van der Waals surface area contributed by atoms with Crippen molar-refractivity contribution in [2.75, 3.05) is 11.9 Å². The van der Waals surface area contributed by atoms with E-state index in [1.165, 1.54) is 12.1 Å². The number of nitrogens with zero attached hydrogens (tertiary/aromatic N) is 2. The van der Waals surface area contributed by atoms with Crippen LogP contribution in [0.4, 0.5) is 18.9 Å². The van der Waals surface area contributed by atoms with Crippen LogP contribution in [0.2, 0.25) is 0 Å². The van der Waals surface area contributed by atoms with Gasteiger partial charge in [-0.3, -0.25) is 4.79 Å². The van der Waals surface area contributed by atoms with Crippen LogP contribution >= 0.6 is 12.4 Å². The summed E-state index contributed by atoms with van der Waals surface area (Å²) in [6, 6.07) is 6.18. The van der Waals surface area contributed by atoms with Crippen LogP contribution in [0.1, 0.15) is 38.0 Å². The Morgan fingerprint density at radius 2 is 1.77 bits per heavy atom. The molecule has 0 saturated heterocycles. The lowest BCUT2D eigenvalue weighted by Crippen LogP contribution is -2.11. The van der Waals surface area contributed by atoms with Gasteiger partial charge < -0.3 is 15.6 Å². The first-order valence-corrected chi connectivity index (χ1v) is 7.91. The third-order valence-corrected chi connectivity index (χ3v) is 3.45. The SMILES string of the molecule is Cl.NCCCCCCC(=O)Nc1ccc(-c2noc(C(F)(F)F)n2)cc1. The lowest BCUT2D eigenvalue weighted by Gasteiger charge is -2.05. The van der Waals surface area contributed by atoms with Gasteiger partial charge in [0.05, 0.1) is 0 Å². The highest BCUT2D eigenvalue weighted by atomic mass is 35.5. The van der Waals surface area contributed by atoms with Crippen molar-refractivity contribution >= 4 is 24.0 Å². The molecule has 26 heavy (non-hydrogen) atoms. The highest BCUT2D eigenvalue weighted by Crippen LogP contribution is 2.29. The normalized spacial score (nSPS) is 11.1. The Hall–Kier alpha value is -2.13. The summed E-state index contributed by atoms with van der Waals surface area (Å²) < 4.78 is 41.5. The van der Waals surface area contributed by atoms with Gasteiger partial charge in [-0.15, -0.1) is 12.4 Å². The third kappa shape index (κ3) is 6.64. The van der Waals surface area contributed by atoms with Gasteiger partial charge in [0.15, 0.2) is 0 Å². The van der Waals surface area contributed by atoms with Gasteiger partial charge in [-0.1, -0.05) is 18.0 Å². The Labute approximate surface area is 154 Å². The number of nitrogens with two attached hydrogens (primary N) is 1. The first kappa shape index (κ1) is 21.9. The first-order valence-electron chi connectivity index (χ1n) is 7.91. The number of aromatic nitrogens is 2. The Morgan fingerprint density at radius 1 is 1.12 bits per heavy atom. The molecular weight excluding hydrogens is 373 g/mol. The molecule has 144 valence electrons. The molecule has 3 N–H and O–H groups in total. The highest BCUT2D eigenvalue weighted by molar-refractivity contribution is 5.90. The molecule has 0 aliphatic carbocycles. The average Bonchev–Trinajstić information content (AvgIpc) is 3.06. The van der Waals surface area contributed by atoms with Gasteiger partial charge >= 0.3 is 12.1 Å². The summed E-state index contributed by atoms with van der Waals surface area (Å²) in [4.78, 5) is 15.1. The van der Waals surface area contributed by atoms with Crippen LogP contribution in [0.15, 0.2) is 28.8 Å². The molecule has 1 aromatic carbocycles. The molecular formula is C16H20ClF3N4O2. The minimum Gasteiger partial charge on any atom is -0.330 e. The molecule has 1 heterocycles. The number of carbonyl (C=O) groups is 1.